The summed E-state index contributed by atoms with van der Waals surface area (Å²) < 4.78 is 53.9. The molecule has 1 aromatic carbocycles. The molecule has 0 radical (unpaired) electrons. The SMILES string of the molecule is CN(C)c1nc(N2CCCCC2)ncc1NS(=O)(=O)c1ccc(F)c(F)c1. The Morgan fingerprint density at radius 3 is 2.44 bits per heavy atom. The van der Waals surface area contributed by atoms with E-state index in [2.05, 4.69) is 19.6 Å². The van der Waals surface area contributed by atoms with Crippen molar-refractivity contribution in [1.29, 1.82) is 0 Å². The molecule has 0 saturated carbocycles. The number of sulfonamides is 1. The van der Waals surface area contributed by atoms with E-state index < -0.39 is 21.7 Å². The Hall–Kier alpha value is -2.49. The summed E-state index contributed by atoms with van der Waals surface area (Å²) in [7, 11) is -0.656. The van der Waals surface area contributed by atoms with Gasteiger partial charge in [-0.05, 0) is 37.5 Å². The van der Waals surface area contributed by atoms with Gasteiger partial charge < -0.3 is 9.80 Å². The van der Waals surface area contributed by atoms with E-state index in [1.54, 1.807) is 19.0 Å². The van der Waals surface area contributed by atoms with Crippen LogP contribution in [0.1, 0.15) is 19.3 Å². The Balaban J connectivity index is 1.92. The third kappa shape index (κ3) is 4.26. The van der Waals surface area contributed by atoms with Gasteiger partial charge in [0.05, 0.1) is 11.1 Å². The predicted octanol–water partition coefficient (Wildman–Crippen LogP) is 2.61. The molecule has 10 heteroatoms. The van der Waals surface area contributed by atoms with Crippen molar-refractivity contribution in [3.8, 4) is 0 Å². The third-order valence-corrected chi connectivity index (χ3v) is 5.63. The molecule has 0 aliphatic carbocycles. The lowest BCUT2D eigenvalue weighted by molar-refractivity contribution is 0.504. The molecule has 0 amide bonds. The fourth-order valence-corrected chi connectivity index (χ4v) is 3.93. The second-order valence-electron chi connectivity index (χ2n) is 6.53. The van der Waals surface area contributed by atoms with Gasteiger partial charge in [-0.25, -0.2) is 22.2 Å². The summed E-state index contributed by atoms with van der Waals surface area (Å²) in [5.74, 6) is -1.43. The maximum Gasteiger partial charge on any atom is 0.262 e. The minimum Gasteiger partial charge on any atom is -0.361 e. The normalized spacial score (nSPS) is 14.9. The van der Waals surface area contributed by atoms with E-state index in [0.29, 0.717) is 17.8 Å². The first-order chi connectivity index (χ1) is 12.8. The Kier molecular flexibility index (Phi) is 5.45. The fraction of sp³-hybridized carbons (Fsp3) is 0.412. The van der Waals surface area contributed by atoms with Crippen molar-refractivity contribution >= 4 is 27.5 Å². The largest absolute Gasteiger partial charge is 0.361 e. The van der Waals surface area contributed by atoms with Crippen LogP contribution in [-0.2, 0) is 10.0 Å². The summed E-state index contributed by atoms with van der Waals surface area (Å²) in [5, 5.41) is 0. The van der Waals surface area contributed by atoms with Gasteiger partial charge in [0, 0.05) is 27.2 Å². The number of piperidine rings is 1. The Morgan fingerprint density at radius 1 is 1.11 bits per heavy atom. The second kappa shape index (κ2) is 7.63. The highest BCUT2D eigenvalue weighted by atomic mass is 32.2. The number of hydrogen-bond acceptors (Lipinski definition) is 6. The Morgan fingerprint density at radius 2 is 1.81 bits per heavy atom. The van der Waals surface area contributed by atoms with Gasteiger partial charge in [-0.2, -0.15) is 4.98 Å². The molecule has 0 atom stereocenters. The zero-order chi connectivity index (χ0) is 19.6. The van der Waals surface area contributed by atoms with Gasteiger partial charge in [0.15, 0.2) is 17.5 Å². The minimum absolute atomic E-state index is 0.158. The van der Waals surface area contributed by atoms with Gasteiger partial charge in [0.2, 0.25) is 5.95 Å². The summed E-state index contributed by atoms with van der Waals surface area (Å²) >= 11 is 0. The number of hydrogen-bond donors (Lipinski definition) is 1. The number of rotatable bonds is 5. The quantitative estimate of drug-likeness (QED) is 0.836. The molecule has 0 unspecified atom stereocenters. The van der Waals surface area contributed by atoms with Gasteiger partial charge in [-0.15, -0.1) is 0 Å². The average molecular weight is 397 g/mol. The molecule has 3 rings (SSSR count). The first-order valence-electron chi connectivity index (χ1n) is 8.55. The van der Waals surface area contributed by atoms with Crippen LogP contribution >= 0.6 is 0 Å². The number of nitrogens with zero attached hydrogens (tertiary/aromatic N) is 4. The van der Waals surface area contributed by atoms with E-state index in [-0.39, 0.29) is 10.6 Å². The molecule has 2 aromatic rings. The first-order valence-corrected chi connectivity index (χ1v) is 10.0. The van der Waals surface area contributed by atoms with Crippen LogP contribution in [-0.4, -0.2) is 45.6 Å². The van der Waals surface area contributed by atoms with Crippen LogP contribution in [0.3, 0.4) is 0 Å². The van der Waals surface area contributed by atoms with Gasteiger partial charge in [-0.3, -0.25) is 4.72 Å². The van der Waals surface area contributed by atoms with Crippen LogP contribution < -0.4 is 14.5 Å². The number of nitrogens with one attached hydrogen (secondary N) is 1. The third-order valence-electron chi connectivity index (χ3n) is 4.26. The van der Waals surface area contributed by atoms with E-state index >= 15 is 0 Å². The molecule has 0 spiro atoms. The summed E-state index contributed by atoms with van der Waals surface area (Å²) in [6, 6.07) is 2.40. The highest BCUT2D eigenvalue weighted by Gasteiger charge is 2.22. The van der Waals surface area contributed by atoms with E-state index in [4.69, 9.17) is 0 Å². The summed E-state index contributed by atoms with van der Waals surface area (Å²) in [6.07, 6.45) is 4.68. The van der Waals surface area contributed by atoms with E-state index in [1.807, 2.05) is 0 Å². The molecule has 1 aromatic heterocycles. The number of aromatic nitrogens is 2. The van der Waals surface area contributed by atoms with Crippen LogP contribution in [0.4, 0.5) is 26.2 Å². The zero-order valence-electron chi connectivity index (χ0n) is 15.1. The van der Waals surface area contributed by atoms with Crippen LogP contribution in [0.5, 0.6) is 0 Å². The topological polar surface area (TPSA) is 78.4 Å². The van der Waals surface area contributed by atoms with Crippen molar-refractivity contribution in [3.63, 3.8) is 0 Å². The van der Waals surface area contributed by atoms with Gasteiger partial charge in [0.25, 0.3) is 10.0 Å². The Labute approximate surface area is 157 Å². The summed E-state index contributed by atoms with van der Waals surface area (Å²) in [4.78, 5) is 12.1. The zero-order valence-corrected chi connectivity index (χ0v) is 15.9. The van der Waals surface area contributed by atoms with E-state index in [1.165, 1.54) is 12.6 Å². The van der Waals surface area contributed by atoms with Crippen molar-refractivity contribution < 1.29 is 17.2 Å². The predicted molar refractivity (Wildman–Crippen MR) is 99.6 cm³/mol. The minimum atomic E-state index is -4.12. The van der Waals surface area contributed by atoms with Gasteiger partial charge in [-0.1, -0.05) is 0 Å². The van der Waals surface area contributed by atoms with Crippen molar-refractivity contribution in [2.45, 2.75) is 24.2 Å². The smallest absolute Gasteiger partial charge is 0.262 e. The van der Waals surface area contributed by atoms with Crippen LogP contribution in [0.2, 0.25) is 0 Å². The molecule has 1 N–H and O–H groups in total. The molecule has 27 heavy (non-hydrogen) atoms. The Bertz CT molecular complexity index is 931. The number of benzene rings is 1. The van der Waals surface area contributed by atoms with Crippen molar-refractivity contribution in [1.82, 2.24) is 9.97 Å². The highest BCUT2D eigenvalue weighted by molar-refractivity contribution is 7.92. The molecular formula is C17H21F2N5O2S. The fourth-order valence-electron chi connectivity index (χ4n) is 2.87. The van der Waals surface area contributed by atoms with Crippen molar-refractivity contribution in [2.24, 2.45) is 0 Å². The first kappa shape index (κ1) is 19.3. The van der Waals surface area contributed by atoms with E-state index in [0.717, 1.165) is 38.1 Å². The molecule has 1 fully saturated rings. The van der Waals surface area contributed by atoms with Crippen LogP contribution in [0.15, 0.2) is 29.3 Å². The van der Waals surface area contributed by atoms with Gasteiger partial charge in [0.1, 0.15) is 5.69 Å². The maximum absolute atomic E-state index is 13.4. The molecule has 7 nitrogen and oxygen atoms in total. The average Bonchev–Trinajstić information content (AvgIpc) is 2.64. The van der Waals surface area contributed by atoms with Crippen molar-refractivity contribution in [3.05, 3.63) is 36.0 Å². The molecular weight excluding hydrogens is 376 g/mol. The molecule has 1 saturated heterocycles. The standard InChI is InChI=1S/C17H21F2N5O2S/c1-23(2)16-15(11-20-17(21-16)24-8-4-3-5-9-24)22-27(25,26)12-6-7-13(18)14(19)10-12/h6-7,10-11,22H,3-5,8-9H2,1-2H3. The molecule has 2 heterocycles. The lowest BCUT2D eigenvalue weighted by atomic mass is 10.1. The number of anilines is 3. The monoisotopic (exact) mass is 397 g/mol. The van der Waals surface area contributed by atoms with E-state index in [9.17, 15) is 17.2 Å². The summed E-state index contributed by atoms with van der Waals surface area (Å²) in [6.45, 7) is 1.71. The van der Waals surface area contributed by atoms with Crippen LogP contribution in [0, 0.1) is 11.6 Å². The molecule has 1 aliphatic rings. The molecule has 0 bridgehead atoms. The molecule has 146 valence electrons. The lowest BCUT2D eigenvalue weighted by Crippen LogP contribution is -2.31. The second-order valence-corrected chi connectivity index (χ2v) is 8.21. The lowest BCUT2D eigenvalue weighted by Gasteiger charge is -2.28. The van der Waals surface area contributed by atoms with Crippen LogP contribution in [0.25, 0.3) is 0 Å². The van der Waals surface area contributed by atoms with Gasteiger partial charge >= 0.3 is 0 Å². The highest BCUT2D eigenvalue weighted by Crippen LogP contribution is 2.27. The maximum atomic E-state index is 13.4. The summed E-state index contributed by atoms with van der Waals surface area (Å²) in [5.41, 5.74) is 0.158. The van der Waals surface area contributed by atoms with Crippen molar-refractivity contribution in [2.75, 3.05) is 41.7 Å². The molecule has 1 aliphatic heterocycles. The number of halogens is 2.